The highest BCUT2D eigenvalue weighted by Crippen LogP contribution is 2.33. The van der Waals surface area contributed by atoms with Crippen LogP contribution in [0.3, 0.4) is 0 Å². The number of pyridine rings is 2. The molecule has 4 heterocycles. The SMILES string of the molecule is N#CCS(=O)(=O)N1C=C(c2cc[nH]c3cnc4nccc4c23)CCC1. The standard InChI is InChI=1S/C17H15N5O2S/c18-5-9-25(23,24)22-8-1-2-12(11-22)13-3-6-19-15-10-21-17-14(16(13)15)4-7-20-17/h3-4,6-7,10-11,19H,1-2,8-9H2. The number of allylic oxidation sites excluding steroid dienone is 1. The van der Waals surface area contributed by atoms with Crippen molar-refractivity contribution in [3.8, 4) is 6.07 Å². The summed E-state index contributed by atoms with van der Waals surface area (Å²) in [5.74, 6) is -0.513. The van der Waals surface area contributed by atoms with Crippen molar-refractivity contribution in [2.75, 3.05) is 12.3 Å². The van der Waals surface area contributed by atoms with Crippen LogP contribution < -0.4 is 0 Å². The van der Waals surface area contributed by atoms with Crippen LogP contribution in [0.5, 0.6) is 0 Å². The maximum atomic E-state index is 12.2. The smallest absolute Gasteiger partial charge is 0.248 e. The predicted molar refractivity (Wildman–Crippen MR) is 94.7 cm³/mol. The molecule has 0 bridgehead atoms. The first-order valence-corrected chi connectivity index (χ1v) is 9.49. The molecule has 0 amide bonds. The maximum absolute atomic E-state index is 12.2. The molecule has 8 heteroatoms. The molecule has 126 valence electrons. The van der Waals surface area contributed by atoms with E-state index in [2.05, 4.69) is 15.0 Å². The first kappa shape index (κ1) is 15.6. The van der Waals surface area contributed by atoms with Crippen LogP contribution in [0.25, 0.3) is 27.5 Å². The van der Waals surface area contributed by atoms with Crippen molar-refractivity contribution < 1.29 is 8.42 Å². The van der Waals surface area contributed by atoms with Crippen LogP contribution in [-0.2, 0) is 10.0 Å². The molecule has 3 aromatic heterocycles. The Kier molecular flexibility index (Phi) is 3.66. The molecule has 0 atom stereocenters. The second kappa shape index (κ2) is 5.86. The maximum Gasteiger partial charge on any atom is 0.248 e. The van der Waals surface area contributed by atoms with Gasteiger partial charge in [-0.2, -0.15) is 5.26 Å². The average molecular weight is 353 g/mol. The molecule has 1 aliphatic rings. The van der Waals surface area contributed by atoms with Gasteiger partial charge in [0.25, 0.3) is 0 Å². The van der Waals surface area contributed by atoms with Crippen LogP contribution in [0.1, 0.15) is 18.4 Å². The van der Waals surface area contributed by atoms with Crippen molar-refractivity contribution >= 4 is 37.5 Å². The molecular formula is C17H15N5O2S. The fourth-order valence-corrected chi connectivity index (χ4v) is 4.27. The number of nitrogens with zero attached hydrogens (tertiary/aromatic N) is 4. The number of rotatable bonds is 3. The zero-order valence-corrected chi connectivity index (χ0v) is 14.1. The van der Waals surface area contributed by atoms with Gasteiger partial charge in [-0.1, -0.05) is 0 Å². The summed E-state index contributed by atoms with van der Waals surface area (Å²) in [5.41, 5.74) is 3.43. The Balaban J connectivity index is 1.91. The number of hydrogen-bond acceptors (Lipinski definition) is 5. The monoisotopic (exact) mass is 353 g/mol. The highest BCUT2D eigenvalue weighted by molar-refractivity contribution is 7.89. The van der Waals surface area contributed by atoms with Crippen molar-refractivity contribution in [1.29, 1.82) is 5.26 Å². The minimum absolute atomic E-state index is 0.402. The number of H-pyrrole nitrogens is 1. The van der Waals surface area contributed by atoms with Crippen LogP contribution in [0.15, 0.2) is 36.9 Å². The van der Waals surface area contributed by atoms with Gasteiger partial charge in [-0.25, -0.2) is 18.4 Å². The van der Waals surface area contributed by atoms with Gasteiger partial charge in [-0.05, 0) is 36.1 Å². The third kappa shape index (κ3) is 2.62. The Morgan fingerprint density at radius 1 is 1.32 bits per heavy atom. The average Bonchev–Trinajstić information content (AvgIpc) is 3.10. The molecule has 7 nitrogen and oxygen atoms in total. The summed E-state index contributed by atoms with van der Waals surface area (Å²) in [7, 11) is -3.60. The summed E-state index contributed by atoms with van der Waals surface area (Å²) in [6.07, 6.45) is 8.42. The number of sulfonamides is 1. The fraction of sp³-hybridized carbons (Fsp3) is 0.235. The zero-order valence-electron chi connectivity index (χ0n) is 13.3. The van der Waals surface area contributed by atoms with Gasteiger partial charge in [-0.3, -0.25) is 4.31 Å². The van der Waals surface area contributed by atoms with Gasteiger partial charge >= 0.3 is 0 Å². The molecule has 0 unspecified atom stereocenters. The van der Waals surface area contributed by atoms with Crippen LogP contribution in [0, 0.1) is 11.3 Å². The predicted octanol–water partition coefficient (Wildman–Crippen LogP) is 2.40. The Morgan fingerprint density at radius 2 is 2.20 bits per heavy atom. The molecule has 0 aromatic carbocycles. The zero-order chi connectivity index (χ0) is 17.4. The second-order valence-electron chi connectivity index (χ2n) is 5.90. The van der Waals surface area contributed by atoms with Gasteiger partial charge in [0.1, 0.15) is 0 Å². The largest absolute Gasteiger partial charge is 0.360 e. The van der Waals surface area contributed by atoms with E-state index in [9.17, 15) is 8.42 Å². The van der Waals surface area contributed by atoms with Crippen molar-refractivity contribution in [1.82, 2.24) is 19.3 Å². The van der Waals surface area contributed by atoms with E-state index < -0.39 is 15.8 Å². The molecule has 1 aliphatic heterocycles. The highest BCUT2D eigenvalue weighted by Gasteiger charge is 2.23. The van der Waals surface area contributed by atoms with Crippen molar-refractivity contribution in [3.63, 3.8) is 0 Å². The van der Waals surface area contributed by atoms with E-state index in [0.717, 1.165) is 33.8 Å². The minimum Gasteiger partial charge on any atom is -0.360 e. The second-order valence-corrected chi connectivity index (χ2v) is 7.82. The lowest BCUT2D eigenvalue weighted by Crippen LogP contribution is -2.31. The topological polar surface area (TPSA) is 103 Å². The van der Waals surface area contributed by atoms with Crippen molar-refractivity contribution in [3.05, 3.63) is 42.5 Å². The van der Waals surface area contributed by atoms with Crippen molar-refractivity contribution in [2.45, 2.75) is 12.8 Å². The van der Waals surface area contributed by atoms with Gasteiger partial charge < -0.3 is 4.98 Å². The number of hydrogen-bond donors (Lipinski definition) is 1. The Labute approximate surface area is 144 Å². The summed E-state index contributed by atoms with van der Waals surface area (Å²) in [4.78, 5) is 11.8. The third-order valence-corrected chi connectivity index (χ3v) is 5.86. The third-order valence-electron chi connectivity index (χ3n) is 4.37. The van der Waals surface area contributed by atoms with E-state index in [0.29, 0.717) is 18.6 Å². The van der Waals surface area contributed by atoms with Gasteiger partial charge in [0, 0.05) is 35.9 Å². The van der Waals surface area contributed by atoms with E-state index in [4.69, 9.17) is 5.26 Å². The number of nitrogens with one attached hydrogen (secondary N) is 1. The summed E-state index contributed by atoms with van der Waals surface area (Å²) >= 11 is 0. The van der Waals surface area contributed by atoms with Crippen molar-refractivity contribution in [2.24, 2.45) is 0 Å². The first-order valence-electron chi connectivity index (χ1n) is 7.88. The summed E-state index contributed by atoms with van der Waals surface area (Å²) in [6.45, 7) is 0.402. The number of nitriles is 1. The summed E-state index contributed by atoms with van der Waals surface area (Å²) in [5, 5.41) is 10.7. The molecule has 1 N–H and O–H groups in total. The molecule has 0 radical (unpaired) electrons. The minimum atomic E-state index is -3.60. The summed E-state index contributed by atoms with van der Waals surface area (Å²) in [6, 6.07) is 5.59. The van der Waals surface area contributed by atoms with E-state index >= 15 is 0 Å². The molecule has 4 rings (SSSR count). The summed E-state index contributed by atoms with van der Waals surface area (Å²) < 4.78 is 25.8. The van der Waals surface area contributed by atoms with E-state index in [1.807, 2.05) is 18.3 Å². The highest BCUT2D eigenvalue weighted by atomic mass is 32.2. The Hall–Kier alpha value is -2.92. The van der Waals surface area contributed by atoms with E-state index in [-0.39, 0.29) is 0 Å². The lowest BCUT2D eigenvalue weighted by Gasteiger charge is -2.26. The quantitative estimate of drug-likeness (QED) is 0.779. The molecule has 0 aliphatic carbocycles. The Bertz CT molecular complexity index is 1140. The molecule has 0 spiro atoms. The molecule has 3 aromatic rings. The Morgan fingerprint density at radius 3 is 3.04 bits per heavy atom. The van der Waals surface area contributed by atoms with Crippen LogP contribution in [0.2, 0.25) is 0 Å². The molecule has 25 heavy (non-hydrogen) atoms. The van der Waals surface area contributed by atoms with Crippen LogP contribution in [-0.4, -0.2) is 40.0 Å². The lowest BCUT2D eigenvalue weighted by atomic mass is 9.96. The van der Waals surface area contributed by atoms with Crippen LogP contribution >= 0.6 is 0 Å². The molecule has 0 fully saturated rings. The number of fused-ring (bicyclic) bond motifs is 3. The van der Waals surface area contributed by atoms with E-state index in [1.54, 1.807) is 24.7 Å². The first-order chi connectivity index (χ1) is 12.1. The normalized spacial score (nSPS) is 15.3. The van der Waals surface area contributed by atoms with Gasteiger partial charge in [-0.15, -0.1) is 0 Å². The lowest BCUT2D eigenvalue weighted by molar-refractivity contribution is 0.483. The van der Waals surface area contributed by atoms with Gasteiger partial charge in [0.05, 0.1) is 17.8 Å². The number of aromatic amines is 1. The molecule has 0 saturated heterocycles. The number of aromatic nitrogens is 3. The van der Waals surface area contributed by atoms with Gasteiger partial charge in [0.2, 0.25) is 10.0 Å². The van der Waals surface area contributed by atoms with Crippen LogP contribution in [0.4, 0.5) is 0 Å². The van der Waals surface area contributed by atoms with Gasteiger partial charge in [0.15, 0.2) is 11.4 Å². The van der Waals surface area contributed by atoms with E-state index in [1.165, 1.54) is 4.31 Å². The molecule has 0 saturated carbocycles. The fourth-order valence-electron chi connectivity index (χ4n) is 3.24. The molecular weight excluding hydrogens is 338 g/mol.